The molecule has 4 rings (SSSR count). The molecule has 2 fully saturated rings. The summed E-state index contributed by atoms with van der Waals surface area (Å²) in [6.07, 6.45) is 3.99. The second-order valence-corrected chi connectivity index (χ2v) is 7.30. The molecule has 3 heterocycles. The molecule has 0 radical (unpaired) electrons. The number of hydrogen-bond donors (Lipinski definition) is 2. The molecule has 2 saturated heterocycles. The predicted molar refractivity (Wildman–Crippen MR) is 95.7 cm³/mol. The molecule has 0 aliphatic carbocycles. The average molecular weight is 343 g/mol. The fraction of sp³-hybridized carbons (Fsp3) is 0.579. The maximum Gasteiger partial charge on any atom is 0.249 e. The van der Waals surface area contributed by atoms with Gasteiger partial charge in [-0.1, -0.05) is 6.07 Å². The zero-order chi connectivity index (χ0) is 17.4. The Kier molecular flexibility index (Phi) is 4.37. The molecular formula is C19H25N3O3. The molecule has 3 aliphatic rings. The van der Waals surface area contributed by atoms with Crippen molar-refractivity contribution in [1.82, 2.24) is 5.32 Å². The molecule has 3 aliphatic heterocycles. The topological polar surface area (TPSA) is 72.9 Å². The van der Waals surface area contributed by atoms with Gasteiger partial charge in [0.05, 0.1) is 0 Å². The second-order valence-electron chi connectivity index (χ2n) is 7.30. The Bertz CT molecular complexity index is 682. The highest BCUT2D eigenvalue weighted by Crippen LogP contribution is 2.38. The number of benzene rings is 1. The van der Waals surface area contributed by atoms with Gasteiger partial charge in [0, 0.05) is 49.6 Å². The Balaban J connectivity index is 1.56. The summed E-state index contributed by atoms with van der Waals surface area (Å²) in [7, 11) is 0. The fourth-order valence-corrected chi connectivity index (χ4v) is 4.40. The van der Waals surface area contributed by atoms with Crippen molar-refractivity contribution < 1.29 is 14.7 Å². The third-order valence-corrected chi connectivity index (χ3v) is 5.84. The molecule has 2 N–H and O–H groups in total. The molecule has 0 bridgehead atoms. The number of aliphatic hydroxyl groups is 1. The summed E-state index contributed by atoms with van der Waals surface area (Å²) in [5.74, 6) is 0.0902. The molecule has 0 saturated carbocycles. The van der Waals surface area contributed by atoms with Crippen LogP contribution >= 0.6 is 0 Å². The predicted octanol–water partition coefficient (Wildman–Crippen LogP) is 1.06. The highest BCUT2D eigenvalue weighted by molar-refractivity contribution is 6.02. The summed E-state index contributed by atoms with van der Waals surface area (Å²) in [6.45, 7) is 3.05. The molecule has 1 atom stereocenters. The lowest BCUT2D eigenvalue weighted by molar-refractivity contribution is -0.134. The highest BCUT2D eigenvalue weighted by Gasteiger charge is 2.36. The SMILES string of the molecule is O=C1CC[C@H](N2CCc3c(N4CCC(CO)CC4)cccc32)C(=O)N1. The Labute approximate surface area is 147 Å². The first-order valence-corrected chi connectivity index (χ1v) is 9.25. The molecule has 134 valence electrons. The third-order valence-electron chi connectivity index (χ3n) is 5.84. The number of nitrogens with one attached hydrogen (secondary N) is 1. The molecular weight excluding hydrogens is 318 g/mol. The number of nitrogens with zero attached hydrogens (tertiary/aromatic N) is 2. The number of amides is 2. The van der Waals surface area contributed by atoms with Crippen molar-refractivity contribution in [2.45, 2.75) is 38.1 Å². The van der Waals surface area contributed by atoms with Gasteiger partial charge in [-0.25, -0.2) is 0 Å². The molecule has 0 aromatic heterocycles. The first kappa shape index (κ1) is 16.4. The number of carbonyl (C=O) groups is 2. The van der Waals surface area contributed by atoms with E-state index in [0.717, 1.165) is 44.6 Å². The van der Waals surface area contributed by atoms with E-state index >= 15 is 0 Å². The zero-order valence-corrected chi connectivity index (χ0v) is 14.4. The molecule has 0 unspecified atom stereocenters. The van der Waals surface area contributed by atoms with Gasteiger partial charge >= 0.3 is 0 Å². The number of anilines is 2. The average Bonchev–Trinajstić information content (AvgIpc) is 3.06. The van der Waals surface area contributed by atoms with Crippen LogP contribution < -0.4 is 15.1 Å². The maximum atomic E-state index is 12.2. The van der Waals surface area contributed by atoms with E-state index in [2.05, 4.69) is 33.3 Å². The quantitative estimate of drug-likeness (QED) is 0.803. The lowest BCUT2D eigenvalue weighted by Gasteiger charge is -2.35. The molecule has 25 heavy (non-hydrogen) atoms. The largest absolute Gasteiger partial charge is 0.396 e. The molecule has 6 heteroatoms. The van der Waals surface area contributed by atoms with Gasteiger partial charge in [-0.3, -0.25) is 14.9 Å². The van der Waals surface area contributed by atoms with Crippen molar-refractivity contribution in [1.29, 1.82) is 0 Å². The van der Waals surface area contributed by atoms with E-state index in [1.54, 1.807) is 0 Å². The minimum atomic E-state index is -0.241. The van der Waals surface area contributed by atoms with Gasteiger partial charge < -0.3 is 14.9 Å². The molecule has 1 aromatic carbocycles. The second kappa shape index (κ2) is 6.67. The molecule has 2 amide bonds. The molecule has 0 spiro atoms. The summed E-state index contributed by atoms with van der Waals surface area (Å²) in [5, 5.41) is 11.8. The normalized spacial score (nSPS) is 24.4. The third kappa shape index (κ3) is 2.99. The van der Waals surface area contributed by atoms with Gasteiger partial charge in [0.15, 0.2) is 0 Å². The van der Waals surface area contributed by atoms with Gasteiger partial charge in [-0.2, -0.15) is 0 Å². The molecule has 1 aromatic rings. The first-order valence-electron chi connectivity index (χ1n) is 9.25. The van der Waals surface area contributed by atoms with Gasteiger partial charge in [0.2, 0.25) is 11.8 Å². The number of rotatable bonds is 3. The fourth-order valence-electron chi connectivity index (χ4n) is 4.40. The number of hydrogen-bond acceptors (Lipinski definition) is 5. The Hall–Kier alpha value is -2.08. The number of piperidine rings is 2. The van der Waals surface area contributed by atoms with Crippen LogP contribution in [0.1, 0.15) is 31.2 Å². The Morgan fingerprint density at radius 2 is 1.80 bits per heavy atom. The van der Waals surface area contributed by atoms with Crippen LogP contribution in [0.25, 0.3) is 0 Å². The van der Waals surface area contributed by atoms with Crippen LogP contribution in [-0.2, 0) is 16.0 Å². The monoisotopic (exact) mass is 343 g/mol. The van der Waals surface area contributed by atoms with E-state index in [0.29, 0.717) is 18.8 Å². The van der Waals surface area contributed by atoms with Crippen LogP contribution in [0.4, 0.5) is 11.4 Å². The van der Waals surface area contributed by atoms with Crippen molar-refractivity contribution in [3.8, 4) is 0 Å². The highest BCUT2D eigenvalue weighted by atomic mass is 16.3. The van der Waals surface area contributed by atoms with E-state index < -0.39 is 0 Å². The minimum absolute atomic E-state index is 0.166. The van der Waals surface area contributed by atoms with E-state index in [1.165, 1.54) is 11.3 Å². The van der Waals surface area contributed by atoms with E-state index in [9.17, 15) is 14.7 Å². The van der Waals surface area contributed by atoms with Gasteiger partial charge in [0.1, 0.15) is 6.04 Å². The Morgan fingerprint density at radius 3 is 2.52 bits per heavy atom. The summed E-state index contributed by atoms with van der Waals surface area (Å²) >= 11 is 0. The van der Waals surface area contributed by atoms with Crippen LogP contribution in [0.2, 0.25) is 0 Å². The Morgan fingerprint density at radius 1 is 1.04 bits per heavy atom. The van der Waals surface area contributed by atoms with Crippen LogP contribution in [0.15, 0.2) is 18.2 Å². The standard InChI is InChI=1S/C19H25N3O3/c23-12-13-6-9-21(10-7-13)15-2-1-3-16-14(15)8-11-22(16)17-4-5-18(24)20-19(17)25/h1-3,13,17,23H,4-12H2,(H,20,24,25)/t17-/m0/s1. The lowest BCUT2D eigenvalue weighted by Crippen LogP contribution is -2.52. The van der Waals surface area contributed by atoms with E-state index in [4.69, 9.17) is 0 Å². The summed E-state index contributed by atoms with van der Waals surface area (Å²) in [5.41, 5.74) is 3.72. The summed E-state index contributed by atoms with van der Waals surface area (Å²) < 4.78 is 0. The van der Waals surface area contributed by atoms with Crippen molar-refractivity contribution >= 4 is 23.2 Å². The zero-order valence-electron chi connectivity index (χ0n) is 14.4. The number of aliphatic hydroxyl groups excluding tert-OH is 1. The van der Waals surface area contributed by atoms with Crippen LogP contribution in [0, 0.1) is 5.92 Å². The van der Waals surface area contributed by atoms with E-state index in [-0.39, 0.29) is 24.5 Å². The van der Waals surface area contributed by atoms with Crippen LogP contribution in [-0.4, -0.2) is 49.2 Å². The van der Waals surface area contributed by atoms with Gasteiger partial charge in [-0.05, 0) is 43.7 Å². The van der Waals surface area contributed by atoms with Crippen molar-refractivity contribution in [2.75, 3.05) is 36.0 Å². The number of imide groups is 1. The lowest BCUT2D eigenvalue weighted by atomic mass is 9.96. The minimum Gasteiger partial charge on any atom is -0.396 e. The maximum absolute atomic E-state index is 12.2. The summed E-state index contributed by atoms with van der Waals surface area (Å²) in [4.78, 5) is 28.2. The summed E-state index contributed by atoms with van der Waals surface area (Å²) in [6, 6.07) is 6.09. The molecule has 6 nitrogen and oxygen atoms in total. The number of fused-ring (bicyclic) bond motifs is 1. The first-order chi connectivity index (χ1) is 12.2. The van der Waals surface area contributed by atoms with Gasteiger partial charge in [0.25, 0.3) is 0 Å². The van der Waals surface area contributed by atoms with Crippen molar-refractivity contribution in [3.63, 3.8) is 0 Å². The van der Waals surface area contributed by atoms with E-state index in [1.807, 2.05) is 0 Å². The van der Waals surface area contributed by atoms with Crippen LogP contribution in [0.5, 0.6) is 0 Å². The van der Waals surface area contributed by atoms with Gasteiger partial charge in [-0.15, -0.1) is 0 Å². The van der Waals surface area contributed by atoms with Crippen LogP contribution in [0.3, 0.4) is 0 Å². The number of carbonyl (C=O) groups excluding carboxylic acids is 2. The van der Waals surface area contributed by atoms with Crippen molar-refractivity contribution in [3.05, 3.63) is 23.8 Å². The van der Waals surface area contributed by atoms with Crippen molar-refractivity contribution in [2.24, 2.45) is 5.92 Å². The smallest absolute Gasteiger partial charge is 0.249 e.